The first-order valence-corrected chi connectivity index (χ1v) is 7.16. The Morgan fingerprint density at radius 2 is 2.15 bits per heavy atom. The zero-order valence-corrected chi connectivity index (χ0v) is 12.1. The molecule has 1 amide bonds. The number of amides is 1. The van der Waals surface area contributed by atoms with Gasteiger partial charge in [0, 0.05) is 12.2 Å². The van der Waals surface area contributed by atoms with Crippen molar-refractivity contribution < 1.29 is 14.7 Å². The second kappa shape index (κ2) is 5.92. The van der Waals surface area contributed by atoms with Crippen molar-refractivity contribution >= 4 is 23.2 Å². The Balaban J connectivity index is 2.04. The van der Waals surface area contributed by atoms with Gasteiger partial charge in [0.05, 0.1) is 5.56 Å². The molecule has 2 aromatic heterocycles. The van der Waals surface area contributed by atoms with E-state index in [1.54, 1.807) is 25.2 Å². The first-order chi connectivity index (χ1) is 9.50. The SMILES string of the molecule is Cc1[nH]c(C(=O)O)c(C)c1C(=O)NCCc1ccsc1. The molecule has 0 aromatic carbocycles. The van der Waals surface area contributed by atoms with Gasteiger partial charge in [-0.05, 0) is 48.2 Å². The summed E-state index contributed by atoms with van der Waals surface area (Å²) in [5.41, 5.74) is 2.73. The maximum Gasteiger partial charge on any atom is 0.352 e. The Morgan fingerprint density at radius 3 is 2.70 bits per heavy atom. The first kappa shape index (κ1) is 14.3. The van der Waals surface area contributed by atoms with E-state index in [-0.39, 0.29) is 11.6 Å². The molecular weight excluding hydrogens is 276 g/mol. The van der Waals surface area contributed by atoms with Gasteiger partial charge in [-0.1, -0.05) is 0 Å². The standard InChI is InChI=1S/C14H16N2O3S/c1-8-11(9(2)16-12(8)14(18)19)13(17)15-5-3-10-4-6-20-7-10/h4,6-7,16H,3,5H2,1-2H3,(H,15,17)(H,18,19). The summed E-state index contributed by atoms with van der Waals surface area (Å²) in [5, 5.41) is 15.9. The number of hydrogen-bond acceptors (Lipinski definition) is 3. The van der Waals surface area contributed by atoms with Crippen LogP contribution in [0.2, 0.25) is 0 Å². The Kier molecular flexibility index (Phi) is 4.24. The zero-order valence-electron chi connectivity index (χ0n) is 11.3. The highest BCUT2D eigenvalue weighted by atomic mass is 32.1. The van der Waals surface area contributed by atoms with E-state index in [1.165, 1.54) is 5.56 Å². The van der Waals surface area contributed by atoms with Gasteiger partial charge >= 0.3 is 5.97 Å². The lowest BCUT2D eigenvalue weighted by molar-refractivity contribution is 0.0690. The number of H-pyrrole nitrogens is 1. The summed E-state index contributed by atoms with van der Waals surface area (Å²) in [6.07, 6.45) is 0.767. The number of carbonyl (C=O) groups is 2. The van der Waals surface area contributed by atoms with Crippen molar-refractivity contribution in [2.24, 2.45) is 0 Å². The number of carboxylic acids is 1. The summed E-state index contributed by atoms with van der Waals surface area (Å²) in [4.78, 5) is 25.9. The molecule has 0 saturated heterocycles. The molecule has 0 atom stereocenters. The normalized spacial score (nSPS) is 10.5. The molecule has 0 radical (unpaired) electrons. The van der Waals surface area contributed by atoms with E-state index in [0.29, 0.717) is 23.4 Å². The molecule has 106 valence electrons. The zero-order chi connectivity index (χ0) is 14.7. The molecule has 0 aliphatic carbocycles. The lowest BCUT2D eigenvalue weighted by atomic mass is 10.1. The molecule has 0 saturated carbocycles. The van der Waals surface area contributed by atoms with Crippen molar-refractivity contribution in [3.63, 3.8) is 0 Å². The first-order valence-electron chi connectivity index (χ1n) is 6.22. The van der Waals surface area contributed by atoms with Crippen LogP contribution in [0.25, 0.3) is 0 Å². The predicted molar refractivity (Wildman–Crippen MR) is 77.6 cm³/mol. The highest BCUT2D eigenvalue weighted by Gasteiger charge is 2.21. The third-order valence-electron chi connectivity index (χ3n) is 3.16. The van der Waals surface area contributed by atoms with Gasteiger partial charge in [0.1, 0.15) is 5.69 Å². The average Bonchev–Trinajstić information content (AvgIpc) is 2.97. The Labute approximate surface area is 120 Å². The number of aryl methyl sites for hydroxylation is 1. The van der Waals surface area contributed by atoms with Gasteiger partial charge < -0.3 is 15.4 Å². The maximum atomic E-state index is 12.1. The molecule has 6 heteroatoms. The van der Waals surface area contributed by atoms with Gasteiger partial charge in [0.15, 0.2) is 0 Å². The van der Waals surface area contributed by atoms with Crippen LogP contribution in [0.5, 0.6) is 0 Å². The number of rotatable bonds is 5. The summed E-state index contributed by atoms with van der Waals surface area (Å²) >= 11 is 1.62. The van der Waals surface area contributed by atoms with E-state index in [4.69, 9.17) is 5.11 Å². The van der Waals surface area contributed by atoms with Crippen LogP contribution in [-0.2, 0) is 6.42 Å². The number of nitrogens with one attached hydrogen (secondary N) is 2. The maximum absolute atomic E-state index is 12.1. The quantitative estimate of drug-likeness (QED) is 0.791. The number of thiophene rings is 1. The Morgan fingerprint density at radius 1 is 1.40 bits per heavy atom. The second-order valence-corrected chi connectivity index (χ2v) is 5.35. The minimum absolute atomic E-state index is 0.0745. The smallest absolute Gasteiger partial charge is 0.352 e. The monoisotopic (exact) mass is 292 g/mol. The fourth-order valence-electron chi connectivity index (χ4n) is 2.15. The fourth-order valence-corrected chi connectivity index (χ4v) is 2.85. The summed E-state index contributed by atoms with van der Waals surface area (Å²) in [6, 6.07) is 2.02. The third kappa shape index (κ3) is 2.91. The minimum atomic E-state index is -1.05. The lowest BCUT2D eigenvalue weighted by Crippen LogP contribution is -2.26. The molecule has 2 heterocycles. The highest BCUT2D eigenvalue weighted by Crippen LogP contribution is 2.17. The van der Waals surface area contributed by atoms with Crippen molar-refractivity contribution in [2.75, 3.05) is 6.54 Å². The number of aromatic amines is 1. The second-order valence-electron chi connectivity index (χ2n) is 4.57. The molecule has 0 unspecified atom stereocenters. The minimum Gasteiger partial charge on any atom is -0.477 e. The molecule has 2 aromatic rings. The molecule has 0 spiro atoms. The van der Waals surface area contributed by atoms with E-state index < -0.39 is 5.97 Å². The molecule has 0 bridgehead atoms. The molecule has 0 fully saturated rings. The van der Waals surface area contributed by atoms with Gasteiger partial charge in [0.2, 0.25) is 0 Å². The molecule has 5 nitrogen and oxygen atoms in total. The van der Waals surface area contributed by atoms with Gasteiger partial charge in [-0.15, -0.1) is 0 Å². The molecule has 2 rings (SSSR count). The molecule has 0 aliphatic heterocycles. The van der Waals surface area contributed by atoms with Crippen LogP contribution in [0.1, 0.15) is 37.7 Å². The summed E-state index contributed by atoms with van der Waals surface area (Å²) < 4.78 is 0. The van der Waals surface area contributed by atoms with Crippen LogP contribution in [0.3, 0.4) is 0 Å². The van der Waals surface area contributed by atoms with Gasteiger partial charge in [-0.25, -0.2) is 4.79 Å². The van der Waals surface area contributed by atoms with Crippen LogP contribution < -0.4 is 5.32 Å². The van der Waals surface area contributed by atoms with Crippen molar-refractivity contribution in [1.82, 2.24) is 10.3 Å². The van der Waals surface area contributed by atoms with Crippen LogP contribution >= 0.6 is 11.3 Å². The summed E-state index contributed by atoms with van der Waals surface area (Å²) in [7, 11) is 0. The largest absolute Gasteiger partial charge is 0.477 e. The van der Waals surface area contributed by atoms with E-state index in [9.17, 15) is 9.59 Å². The van der Waals surface area contributed by atoms with Crippen molar-refractivity contribution in [3.05, 3.63) is 44.9 Å². The Hall–Kier alpha value is -2.08. The van der Waals surface area contributed by atoms with E-state index >= 15 is 0 Å². The van der Waals surface area contributed by atoms with Crippen LogP contribution in [0.4, 0.5) is 0 Å². The molecule has 20 heavy (non-hydrogen) atoms. The number of hydrogen-bond donors (Lipinski definition) is 3. The number of carboxylic acid groups (broad SMARTS) is 1. The molecule has 0 aliphatic rings. The lowest BCUT2D eigenvalue weighted by Gasteiger charge is -2.05. The third-order valence-corrected chi connectivity index (χ3v) is 3.89. The number of aromatic nitrogens is 1. The van der Waals surface area contributed by atoms with Crippen molar-refractivity contribution in [2.45, 2.75) is 20.3 Å². The van der Waals surface area contributed by atoms with Gasteiger partial charge in [-0.3, -0.25) is 4.79 Å². The van der Waals surface area contributed by atoms with E-state index in [0.717, 1.165) is 6.42 Å². The van der Waals surface area contributed by atoms with Gasteiger partial charge in [0.25, 0.3) is 5.91 Å². The predicted octanol–water partition coefficient (Wildman–Crippen LogP) is 2.36. The number of carbonyl (C=O) groups excluding carboxylic acids is 1. The molecule has 3 N–H and O–H groups in total. The Bertz CT molecular complexity index is 629. The summed E-state index contributed by atoms with van der Waals surface area (Å²) in [5.74, 6) is -1.29. The molecular formula is C14H16N2O3S. The van der Waals surface area contributed by atoms with Crippen LogP contribution in [0, 0.1) is 13.8 Å². The highest BCUT2D eigenvalue weighted by molar-refractivity contribution is 7.07. The van der Waals surface area contributed by atoms with Crippen molar-refractivity contribution in [3.8, 4) is 0 Å². The van der Waals surface area contributed by atoms with Gasteiger partial charge in [-0.2, -0.15) is 11.3 Å². The van der Waals surface area contributed by atoms with E-state index in [2.05, 4.69) is 10.3 Å². The number of aromatic carboxylic acids is 1. The fraction of sp³-hybridized carbons (Fsp3) is 0.286. The van der Waals surface area contributed by atoms with Crippen molar-refractivity contribution in [1.29, 1.82) is 0 Å². The van der Waals surface area contributed by atoms with E-state index in [1.807, 2.05) is 16.8 Å². The summed E-state index contributed by atoms with van der Waals surface area (Å²) in [6.45, 7) is 3.87. The average molecular weight is 292 g/mol. The van der Waals surface area contributed by atoms with Crippen LogP contribution in [0.15, 0.2) is 16.8 Å². The topological polar surface area (TPSA) is 82.2 Å². The van der Waals surface area contributed by atoms with Crippen LogP contribution in [-0.4, -0.2) is 28.5 Å².